The number of methoxy groups -OCH3 is 1. The first-order chi connectivity index (χ1) is 7.89. The molecule has 17 heavy (non-hydrogen) atoms. The van der Waals surface area contributed by atoms with E-state index in [9.17, 15) is 9.18 Å². The van der Waals surface area contributed by atoms with Gasteiger partial charge in [-0.15, -0.1) is 0 Å². The third kappa shape index (κ3) is 3.42. The van der Waals surface area contributed by atoms with Crippen molar-refractivity contribution >= 4 is 5.91 Å². The molecule has 0 bridgehead atoms. The topological polar surface area (TPSA) is 64.3 Å². The number of amides is 1. The van der Waals surface area contributed by atoms with Gasteiger partial charge in [-0.05, 0) is 32.0 Å². The molecule has 0 unspecified atom stereocenters. The van der Waals surface area contributed by atoms with Crippen molar-refractivity contribution in [1.82, 2.24) is 5.32 Å². The van der Waals surface area contributed by atoms with Crippen molar-refractivity contribution < 1.29 is 13.9 Å². The Morgan fingerprint density at radius 1 is 1.53 bits per heavy atom. The Morgan fingerprint density at radius 2 is 2.18 bits per heavy atom. The molecule has 4 nitrogen and oxygen atoms in total. The molecular weight excluding hydrogens is 223 g/mol. The molecule has 0 saturated heterocycles. The molecule has 1 amide bonds. The summed E-state index contributed by atoms with van der Waals surface area (Å²) in [7, 11) is 1.37. The highest BCUT2D eigenvalue weighted by molar-refractivity contribution is 5.94. The van der Waals surface area contributed by atoms with E-state index in [0.29, 0.717) is 6.54 Å². The fraction of sp³-hybridized carbons (Fsp3) is 0.417. The molecule has 1 aromatic carbocycles. The normalized spacial score (nSPS) is 11.1. The number of benzene rings is 1. The van der Waals surface area contributed by atoms with Crippen LogP contribution in [0.4, 0.5) is 4.39 Å². The van der Waals surface area contributed by atoms with E-state index in [1.54, 1.807) is 13.8 Å². The van der Waals surface area contributed by atoms with Crippen LogP contribution in [-0.4, -0.2) is 25.1 Å². The summed E-state index contributed by atoms with van der Waals surface area (Å²) in [4.78, 5) is 11.8. The zero-order valence-electron chi connectivity index (χ0n) is 10.2. The summed E-state index contributed by atoms with van der Waals surface area (Å²) >= 11 is 0. The van der Waals surface area contributed by atoms with Crippen LogP contribution < -0.4 is 15.8 Å². The summed E-state index contributed by atoms with van der Waals surface area (Å²) in [6.45, 7) is 3.90. The minimum atomic E-state index is -0.564. The van der Waals surface area contributed by atoms with Crippen LogP contribution in [0.5, 0.6) is 5.75 Å². The lowest BCUT2D eigenvalue weighted by Gasteiger charge is -2.24. The molecule has 0 aliphatic heterocycles. The number of halogens is 1. The van der Waals surface area contributed by atoms with Crippen molar-refractivity contribution in [3.05, 3.63) is 29.6 Å². The fourth-order valence-electron chi connectivity index (χ4n) is 1.24. The van der Waals surface area contributed by atoms with E-state index in [2.05, 4.69) is 5.32 Å². The van der Waals surface area contributed by atoms with Crippen molar-refractivity contribution in [2.45, 2.75) is 19.4 Å². The lowest BCUT2D eigenvalue weighted by molar-refractivity contribution is 0.0915. The maximum Gasteiger partial charge on any atom is 0.251 e. The number of hydrogen-bond donors (Lipinski definition) is 2. The lowest BCUT2D eigenvalue weighted by atomic mass is 10.1. The van der Waals surface area contributed by atoms with Gasteiger partial charge in [0.2, 0.25) is 0 Å². The summed E-state index contributed by atoms with van der Waals surface area (Å²) in [5.41, 5.74) is 5.22. The van der Waals surface area contributed by atoms with Crippen molar-refractivity contribution in [1.29, 1.82) is 0 Å². The average Bonchev–Trinajstić information content (AvgIpc) is 2.28. The van der Waals surface area contributed by atoms with Gasteiger partial charge >= 0.3 is 0 Å². The Bertz CT molecular complexity index is 419. The van der Waals surface area contributed by atoms with E-state index in [0.717, 1.165) is 6.07 Å². The first-order valence-corrected chi connectivity index (χ1v) is 5.26. The molecule has 0 aliphatic carbocycles. The second-order valence-electron chi connectivity index (χ2n) is 4.39. The summed E-state index contributed by atoms with van der Waals surface area (Å²) in [6, 6.07) is 4.06. The third-order valence-corrected chi connectivity index (χ3v) is 2.38. The van der Waals surface area contributed by atoms with Gasteiger partial charge in [0.1, 0.15) is 0 Å². The number of rotatable bonds is 4. The molecule has 0 radical (unpaired) electrons. The van der Waals surface area contributed by atoms with Gasteiger partial charge < -0.3 is 15.8 Å². The Kier molecular flexibility index (Phi) is 4.07. The van der Waals surface area contributed by atoms with E-state index in [1.165, 1.54) is 19.2 Å². The molecule has 0 atom stereocenters. The fourth-order valence-corrected chi connectivity index (χ4v) is 1.24. The number of ether oxygens (including phenoxy) is 1. The molecule has 0 aliphatic rings. The molecule has 0 heterocycles. The zero-order chi connectivity index (χ0) is 13.1. The van der Waals surface area contributed by atoms with Crippen molar-refractivity contribution in [2.24, 2.45) is 5.73 Å². The highest BCUT2D eigenvalue weighted by atomic mass is 19.1. The SMILES string of the molecule is COc1ccc(C(=O)NC(C)(C)CN)cc1F. The average molecular weight is 240 g/mol. The Balaban J connectivity index is 2.87. The molecule has 0 saturated carbocycles. The molecule has 5 heteroatoms. The van der Waals surface area contributed by atoms with Gasteiger partial charge in [-0.1, -0.05) is 0 Å². The first kappa shape index (κ1) is 13.4. The minimum absolute atomic E-state index is 0.111. The van der Waals surface area contributed by atoms with Gasteiger partial charge in [-0.2, -0.15) is 0 Å². The summed E-state index contributed by atoms with van der Waals surface area (Å²) in [5.74, 6) is -0.813. The quantitative estimate of drug-likeness (QED) is 0.833. The van der Waals surface area contributed by atoms with Gasteiger partial charge in [0, 0.05) is 17.6 Å². The van der Waals surface area contributed by atoms with E-state index >= 15 is 0 Å². The minimum Gasteiger partial charge on any atom is -0.494 e. The van der Waals surface area contributed by atoms with Gasteiger partial charge in [-0.25, -0.2) is 4.39 Å². The Hall–Kier alpha value is -1.62. The molecule has 1 rings (SSSR count). The summed E-state index contributed by atoms with van der Waals surface area (Å²) in [5, 5.41) is 2.72. The van der Waals surface area contributed by atoms with Crippen molar-refractivity contribution in [3.8, 4) is 5.75 Å². The molecule has 0 aromatic heterocycles. The van der Waals surface area contributed by atoms with Gasteiger partial charge in [0.15, 0.2) is 11.6 Å². The van der Waals surface area contributed by atoms with Crippen LogP contribution in [0.25, 0.3) is 0 Å². The number of carbonyl (C=O) groups excluding carboxylic acids is 1. The van der Waals surface area contributed by atoms with Crippen LogP contribution in [0, 0.1) is 5.82 Å². The van der Waals surface area contributed by atoms with Crippen molar-refractivity contribution in [3.63, 3.8) is 0 Å². The van der Waals surface area contributed by atoms with E-state index < -0.39 is 11.4 Å². The Labute approximate surface area is 100.0 Å². The molecule has 0 fully saturated rings. The summed E-state index contributed by atoms with van der Waals surface area (Å²) in [6.07, 6.45) is 0. The molecule has 3 N–H and O–H groups in total. The smallest absolute Gasteiger partial charge is 0.251 e. The third-order valence-electron chi connectivity index (χ3n) is 2.38. The van der Waals surface area contributed by atoms with Gasteiger partial charge in [0.05, 0.1) is 7.11 Å². The van der Waals surface area contributed by atoms with E-state index in [1.807, 2.05) is 0 Å². The number of nitrogens with one attached hydrogen (secondary N) is 1. The van der Waals surface area contributed by atoms with Crippen molar-refractivity contribution in [2.75, 3.05) is 13.7 Å². The van der Waals surface area contributed by atoms with Crippen LogP contribution in [0.15, 0.2) is 18.2 Å². The largest absolute Gasteiger partial charge is 0.494 e. The van der Waals surface area contributed by atoms with Crippen LogP contribution in [-0.2, 0) is 0 Å². The summed E-state index contributed by atoms with van der Waals surface area (Å²) < 4.78 is 18.2. The highest BCUT2D eigenvalue weighted by Gasteiger charge is 2.19. The number of carbonyl (C=O) groups is 1. The van der Waals surface area contributed by atoms with Gasteiger partial charge in [0.25, 0.3) is 5.91 Å². The second kappa shape index (κ2) is 5.14. The van der Waals surface area contributed by atoms with Gasteiger partial charge in [-0.3, -0.25) is 4.79 Å². The first-order valence-electron chi connectivity index (χ1n) is 5.26. The van der Waals surface area contributed by atoms with E-state index in [-0.39, 0.29) is 17.2 Å². The second-order valence-corrected chi connectivity index (χ2v) is 4.39. The van der Waals surface area contributed by atoms with Crippen LogP contribution in [0.3, 0.4) is 0 Å². The van der Waals surface area contributed by atoms with Crippen LogP contribution >= 0.6 is 0 Å². The molecule has 94 valence electrons. The van der Waals surface area contributed by atoms with Crippen LogP contribution in [0.2, 0.25) is 0 Å². The maximum absolute atomic E-state index is 13.4. The number of nitrogens with two attached hydrogens (primary N) is 1. The Morgan fingerprint density at radius 3 is 2.65 bits per heavy atom. The standard InChI is InChI=1S/C12H17FN2O2/c1-12(2,7-14)15-11(16)8-4-5-10(17-3)9(13)6-8/h4-6H,7,14H2,1-3H3,(H,15,16). The number of hydrogen-bond acceptors (Lipinski definition) is 3. The predicted octanol–water partition coefficient (Wildman–Crippen LogP) is 1.30. The monoisotopic (exact) mass is 240 g/mol. The molecular formula is C12H17FN2O2. The molecule has 0 spiro atoms. The molecule has 1 aromatic rings. The highest BCUT2D eigenvalue weighted by Crippen LogP contribution is 2.18. The predicted molar refractivity (Wildman–Crippen MR) is 63.6 cm³/mol. The zero-order valence-corrected chi connectivity index (χ0v) is 10.2. The maximum atomic E-state index is 13.4. The van der Waals surface area contributed by atoms with E-state index in [4.69, 9.17) is 10.5 Å². The van der Waals surface area contributed by atoms with Crippen LogP contribution in [0.1, 0.15) is 24.2 Å². The lowest BCUT2D eigenvalue weighted by Crippen LogP contribution is -2.48.